The smallest absolute Gasteiger partial charge is 0.252 e. The number of amides is 1. The quantitative estimate of drug-likeness (QED) is 0.880. The van der Waals surface area contributed by atoms with Crippen molar-refractivity contribution in [3.05, 3.63) is 34.3 Å². The molecule has 15 heavy (non-hydrogen) atoms. The highest BCUT2D eigenvalue weighted by Gasteiger charge is 2.12. The molecule has 0 unspecified atom stereocenters. The third kappa shape index (κ3) is 3.32. The number of carbonyl (C=O) groups excluding carboxylic acids is 1. The number of aliphatic hydroxyl groups excluding tert-OH is 1. The summed E-state index contributed by atoms with van der Waals surface area (Å²) in [5.74, 6) is -0.164. The highest BCUT2D eigenvalue weighted by Crippen LogP contribution is 2.15. The van der Waals surface area contributed by atoms with Crippen molar-refractivity contribution in [2.75, 3.05) is 6.61 Å². The van der Waals surface area contributed by atoms with Gasteiger partial charge in [0.25, 0.3) is 5.91 Å². The summed E-state index contributed by atoms with van der Waals surface area (Å²) in [7, 11) is 0. The fourth-order valence-corrected chi connectivity index (χ4v) is 1.65. The second kappa shape index (κ2) is 5.88. The van der Waals surface area contributed by atoms with E-state index in [1.54, 1.807) is 12.1 Å². The van der Waals surface area contributed by atoms with Gasteiger partial charge in [-0.25, -0.2) is 0 Å². The average molecular weight is 272 g/mol. The van der Waals surface area contributed by atoms with Gasteiger partial charge in [-0.3, -0.25) is 4.79 Å². The van der Waals surface area contributed by atoms with Crippen molar-refractivity contribution in [1.29, 1.82) is 0 Å². The maximum absolute atomic E-state index is 11.7. The van der Waals surface area contributed by atoms with E-state index in [1.807, 2.05) is 19.1 Å². The van der Waals surface area contributed by atoms with Crippen LogP contribution in [0.1, 0.15) is 23.7 Å². The first-order valence-corrected chi connectivity index (χ1v) is 5.64. The normalized spacial score (nSPS) is 12.2. The van der Waals surface area contributed by atoms with Crippen LogP contribution in [-0.4, -0.2) is 23.7 Å². The van der Waals surface area contributed by atoms with E-state index in [4.69, 9.17) is 5.11 Å². The van der Waals surface area contributed by atoms with Crippen molar-refractivity contribution in [3.63, 3.8) is 0 Å². The molecule has 0 aromatic heterocycles. The molecule has 3 nitrogen and oxygen atoms in total. The molecule has 82 valence electrons. The minimum Gasteiger partial charge on any atom is -0.394 e. The maximum atomic E-state index is 11.7. The molecule has 0 aliphatic heterocycles. The lowest BCUT2D eigenvalue weighted by atomic mass is 10.2. The van der Waals surface area contributed by atoms with Crippen molar-refractivity contribution in [2.24, 2.45) is 0 Å². The average Bonchev–Trinajstić information content (AvgIpc) is 2.26. The topological polar surface area (TPSA) is 49.3 Å². The number of hydrogen-bond acceptors (Lipinski definition) is 2. The lowest BCUT2D eigenvalue weighted by Crippen LogP contribution is -2.37. The van der Waals surface area contributed by atoms with Gasteiger partial charge in [0.15, 0.2) is 0 Å². The summed E-state index contributed by atoms with van der Waals surface area (Å²) < 4.78 is 0.760. The molecule has 0 spiro atoms. The minimum absolute atomic E-state index is 0.0350. The van der Waals surface area contributed by atoms with Crippen LogP contribution in [0.25, 0.3) is 0 Å². The zero-order valence-corrected chi connectivity index (χ0v) is 10.1. The second-order valence-corrected chi connectivity index (χ2v) is 4.10. The van der Waals surface area contributed by atoms with E-state index in [0.717, 1.165) is 4.47 Å². The highest BCUT2D eigenvalue weighted by molar-refractivity contribution is 9.10. The molecule has 0 aliphatic carbocycles. The summed E-state index contributed by atoms with van der Waals surface area (Å²) in [4.78, 5) is 11.7. The SMILES string of the molecule is CC[C@H](CO)NC(=O)c1ccccc1Br. The fraction of sp³-hybridized carbons (Fsp3) is 0.364. The molecule has 0 saturated heterocycles. The first kappa shape index (κ1) is 12.2. The van der Waals surface area contributed by atoms with E-state index in [2.05, 4.69) is 21.2 Å². The third-order valence-corrected chi connectivity index (χ3v) is 2.86. The highest BCUT2D eigenvalue weighted by atomic mass is 79.9. The monoisotopic (exact) mass is 271 g/mol. The van der Waals surface area contributed by atoms with Gasteiger partial charge in [0.1, 0.15) is 0 Å². The number of hydrogen-bond donors (Lipinski definition) is 2. The zero-order valence-electron chi connectivity index (χ0n) is 8.53. The second-order valence-electron chi connectivity index (χ2n) is 3.24. The molecule has 0 aliphatic rings. The summed E-state index contributed by atoms with van der Waals surface area (Å²) in [6.07, 6.45) is 0.715. The molecule has 0 bridgehead atoms. The molecule has 4 heteroatoms. The van der Waals surface area contributed by atoms with Gasteiger partial charge in [-0.1, -0.05) is 19.1 Å². The van der Waals surface area contributed by atoms with Crippen molar-refractivity contribution in [3.8, 4) is 0 Å². The molecule has 1 aromatic carbocycles. The molecule has 0 heterocycles. The Labute approximate surface area is 97.6 Å². The van der Waals surface area contributed by atoms with Crippen molar-refractivity contribution in [1.82, 2.24) is 5.32 Å². The molecular weight excluding hydrogens is 258 g/mol. The molecular formula is C11H14BrNO2. The third-order valence-electron chi connectivity index (χ3n) is 2.17. The number of rotatable bonds is 4. The van der Waals surface area contributed by atoms with Gasteiger partial charge < -0.3 is 10.4 Å². The van der Waals surface area contributed by atoms with Crippen LogP contribution in [0, 0.1) is 0 Å². The van der Waals surface area contributed by atoms with Gasteiger partial charge in [-0.15, -0.1) is 0 Å². The number of nitrogens with one attached hydrogen (secondary N) is 1. The Morgan fingerprint density at radius 1 is 1.53 bits per heavy atom. The molecule has 1 atom stereocenters. The fourth-order valence-electron chi connectivity index (χ4n) is 1.19. The molecule has 1 aromatic rings. The van der Waals surface area contributed by atoms with Crippen molar-refractivity contribution < 1.29 is 9.90 Å². The van der Waals surface area contributed by atoms with Gasteiger partial charge in [0, 0.05) is 4.47 Å². The Morgan fingerprint density at radius 3 is 2.73 bits per heavy atom. The van der Waals surface area contributed by atoms with Crippen LogP contribution in [0.4, 0.5) is 0 Å². The van der Waals surface area contributed by atoms with Crippen LogP contribution in [0.2, 0.25) is 0 Å². The van der Waals surface area contributed by atoms with Crippen LogP contribution >= 0.6 is 15.9 Å². The lowest BCUT2D eigenvalue weighted by Gasteiger charge is -2.14. The maximum Gasteiger partial charge on any atom is 0.252 e. The molecule has 0 saturated carbocycles. The molecule has 0 radical (unpaired) electrons. The van der Waals surface area contributed by atoms with Gasteiger partial charge in [-0.2, -0.15) is 0 Å². The standard InChI is InChI=1S/C11H14BrNO2/c1-2-8(7-14)13-11(15)9-5-3-4-6-10(9)12/h3-6,8,14H,2,7H2,1H3,(H,13,15)/t8-/m1/s1. The van der Waals surface area contributed by atoms with Crippen LogP contribution in [0.5, 0.6) is 0 Å². The summed E-state index contributed by atoms with van der Waals surface area (Å²) in [6, 6.07) is 7.03. The largest absolute Gasteiger partial charge is 0.394 e. The summed E-state index contributed by atoms with van der Waals surface area (Å²) in [5, 5.41) is 11.7. The van der Waals surface area contributed by atoms with Gasteiger partial charge >= 0.3 is 0 Å². The van der Waals surface area contributed by atoms with E-state index >= 15 is 0 Å². The van der Waals surface area contributed by atoms with Crippen LogP contribution in [0.3, 0.4) is 0 Å². The van der Waals surface area contributed by atoms with E-state index in [0.29, 0.717) is 12.0 Å². The Balaban J connectivity index is 2.73. The minimum atomic E-state index is -0.176. The first-order chi connectivity index (χ1) is 7.19. The summed E-state index contributed by atoms with van der Waals surface area (Å²) in [6.45, 7) is 1.88. The predicted octanol–water partition coefficient (Wildman–Crippen LogP) is 1.95. The summed E-state index contributed by atoms with van der Waals surface area (Å²) >= 11 is 3.31. The molecule has 1 amide bonds. The number of carbonyl (C=O) groups is 1. The van der Waals surface area contributed by atoms with E-state index in [-0.39, 0.29) is 18.6 Å². The van der Waals surface area contributed by atoms with E-state index in [9.17, 15) is 4.79 Å². The Morgan fingerprint density at radius 2 is 2.20 bits per heavy atom. The van der Waals surface area contributed by atoms with Gasteiger partial charge in [0.05, 0.1) is 18.2 Å². The first-order valence-electron chi connectivity index (χ1n) is 4.85. The van der Waals surface area contributed by atoms with Crippen LogP contribution < -0.4 is 5.32 Å². The Bertz CT molecular complexity index is 337. The number of benzene rings is 1. The Hall–Kier alpha value is -0.870. The Kier molecular flexibility index (Phi) is 4.78. The van der Waals surface area contributed by atoms with Gasteiger partial charge in [-0.05, 0) is 34.5 Å². The lowest BCUT2D eigenvalue weighted by molar-refractivity contribution is 0.0914. The van der Waals surface area contributed by atoms with Crippen molar-refractivity contribution >= 4 is 21.8 Å². The summed E-state index contributed by atoms with van der Waals surface area (Å²) in [5.41, 5.74) is 0.587. The number of aliphatic hydroxyl groups is 1. The molecule has 1 rings (SSSR count). The molecule has 2 N–H and O–H groups in total. The van der Waals surface area contributed by atoms with Crippen molar-refractivity contribution in [2.45, 2.75) is 19.4 Å². The molecule has 0 fully saturated rings. The van der Waals surface area contributed by atoms with Crippen LogP contribution in [-0.2, 0) is 0 Å². The zero-order chi connectivity index (χ0) is 11.3. The van der Waals surface area contributed by atoms with Gasteiger partial charge in [0.2, 0.25) is 0 Å². The predicted molar refractivity (Wildman–Crippen MR) is 62.8 cm³/mol. The van der Waals surface area contributed by atoms with E-state index < -0.39 is 0 Å². The van der Waals surface area contributed by atoms with E-state index in [1.165, 1.54) is 0 Å². The van der Waals surface area contributed by atoms with Crippen LogP contribution in [0.15, 0.2) is 28.7 Å². The number of halogens is 1.